The number of benzene rings is 5. The quantitative estimate of drug-likeness (QED) is 0.00549. The van der Waals surface area contributed by atoms with Crippen LogP contribution < -0.4 is 51.2 Å². The van der Waals surface area contributed by atoms with Crippen molar-refractivity contribution < 1.29 is 85.6 Å². The summed E-state index contributed by atoms with van der Waals surface area (Å²) < 4.78 is 40.0. The highest BCUT2D eigenvalue weighted by atomic mass is 35.5. The van der Waals surface area contributed by atoms with Crippen LogP contribution in [-0.4, -0.2) is 128 Å². The van der Waals surface area contributed by atoms with Crippen molar-refractivity contribution in [1.82, 2.24) is 20.9 Å². The van der Waals surface area contributed by atoms with Crippen LogP contribution >= 0.6 is 38.8 Å². The second-order valence-corrected chi connectivity index (χ2v) is 26.8. The van der Waals surface area contributed by atoms with E-state index < -0.39 is 80.6 Å². The molecule has 31 heteroatoms. The number of halogens is 2. The van der Waals surface area contributed by atoms with Crippen LogP contribution in [0.25, 0.3) is 33.7 Å². The number of unbranched alkanes of at least 4 members (excludes halogenated alkanes) is 2. The Morgan fingerprint density at radius 3 is 1.88 bits per heavy atom. The SMILES string of the molecule is NC(=O)NCCC[C@H](NC(=O)C1(C(=O)NCCCCCN2C(=O)CCC2=O)CCC1)C(=O)Nc1ccc(COC(=O)Nc2cc(/C=C/C(=O)N3C[C@@H](CCl)c4c3cc(OP(=O)(O)O)c3cc#ccc43)ccc2/C=C/C(=O)N2C[C@@H](CCl)c3c2cc(OP(=O)(O)O)c2ccccc32)cc1. The van der Waals surface area contributed by atoms with E-state index in [4.69, 9.17) is 42.7 Å². The molecular formula is C67H69Cl2N9O18P2. The molecule has 3 heterocycles. The summed E-state index contributed by atoms with van der Waals surface area (Å²) >= 11 is 12.9. The average Bonchev–Trinajstić information content (AvgIpc) is 1.56. The number of ether oxygens (including phenoxy) is 1. The van der Waals surface area contributed by atoms with Gasteiger partial charge in [0.2, 0.25) is 29.5 Å². The summed E-state index contributed by atoms with van der Waals surface area (Å²) in [4.78, 5) is 162. The van der Waals surface area contributed by atoms with Crippen LogP contribution in [0.4, 0.5) is 32.3 Å². The molecule has 0 radical (unpaired) electrons. The molecule has 27 nitrogen and oxygen atoms in total. The first-order chi connectivity index (χ1) is 46.8. The van der Waals surface area contributed by atoms with Gasteiger partial charge in [-0.2, -0.15) is 0 Å². The Morgan fingerprint density at radius 2 is 1.28 bits per heavy atom. The molecule has 1 saturated carbocycles. The van der Waals surface area contributed by atoms with Crippen LogP contribution in [0.1, 0.15) is 104 Å². The molecule has 2 fully saturated rings. The van der Waals surface area contributed by atoms with Crippen molar-refractivity contribution in [1.29, 1.82) is 0 Å². The molecule has 10 rings (SSSR count). The van der Waals surface area contributed by atoms with Gasteiger partial charge in [-0.3, -0.25) is 63.4 Å². The number of fused-ring (bicyclic) bond motifs is 6. The number of amides is 10. The highest BCUT2D eigenvalue weighted by Gasteiger charge is 2.51. The van der Waals surface area contributed by atoms with Crippen molar-refractivity contribution in [2.24, 2.45) is 11.1 Å². The Hall–Kier alpha value is -9.35. The number of urea groups is 1. The molecule has 10 amide bonds. The van der Waals surface area contributed by atoms with Crippen molar-refractivity contribution >= 4 is 149 Å². The minimum atomic E-state index is -5.07. The molecule has 4 aliphatic rings. The van der Waals surface area contributed by atoms with Gasteiger partial charge in [0.15, 0.2) is 0 Å². The summed E-state index contributed by atoms with van der Waals surface area (Å²) in [6.07, 6.45) is 7.90. The first kappa shape index (κ1) is 71.4. The van der Waals surface area contributed by atoms with E-state index in [0.29, 0.717) is 87.4 Å². The number of nitrogens with zero attached hydrogens (tertiary/aromatic N) is 3. The van der Waals surface area contributed by atoms with Crippen molar-refractivity contribution in [3.05, 3.63) is 143 Å². The molecule has 514 valence electrons. The van der Waals surface area contributed by atoms with Crippen molar-refractivity contribution in [2.75, 3.05) is 64.9 Å². The molecule has 3 aliphatic heterocycles. The summed E-state index contributed by atoms with van der Waals surface area (Å²) in [6.45, 7) is 0.519. The Labute approximate surface area is 571 Å². The fourth-order valence-electron chi connectivity index (χ4n) is 12.4. The summed E-state index contributed by atoms with van der Waals surface area (Å²) in [7, 11) is -10.1. The van der Waals surface area contributed by atoms with Gasteiger partial charge in [0, 0.05) is 121 Å². The van der Waals surface area contributed by atoms with E-state index in [9.17, 15) is 71.9 Å². The van der Waals surface area contributed by atoms with Crippen LogP contribution in [-0.2, 0) is 54.0 Å². The Balaban J connectivity index is 0.836. The number of imide groups is 1. The third-order valence-corrected chi connectivity index (χ3v) is 19.0. The Morgan fingerprint density at radius 1 is 0.684 bits per heavy atom. The maximum atomic E-state index is 14.3. The lowest BCUT2D eigenvalue weighted by Crippen LogP contribution is -2.58. The third kappa shape index (κ3) is 17.0. The lowest BCUT2D eigenvalue weighted by molar-refractivity contribution is -0.151. The van der Waals surface area contributed by atoms with Gasteiger partial charge in [-0.15, -0.1) is 23.2 Å². The van der Waals surface area contributed by atoms with E-state index in [1.165, 1.54) is 75.4 Å². The van der Waals surface area contributed by atoms with Gasteiger partial charge in [0.1, 0.15) is 29.6 Å². The zero-order valence-corrected chi connectivity index (χ0v) is 55.8. The smallest absolute Gasteiger partial charge is 0.444 e. The number of phosphoric acid groups is 2. The summed E-state index contributed by atoms with van der Waals surface area (Å²) in [5, 5.41) is 15.3. The number of carbonyl (C=O) groups is 9. The minimum absolute atomic E-state index is 0.0474. The van der Waals surface area contributed by atoms with Crippen LogP contribution in [0.3, 0.4) is 0 Å². The van der Waals surface area contributed by atoms with Gasteiger partial charge >= 0.3 is 27.8 Å². The van der Waals surface area contributed by atoms with Crippen molar-refractivity contribution in [3.63, 3.8) is 0 Å². The fraction of sp³-hybridized carbons (Fsp3) is 0.328. The first-order valence-electron chi connectivity index (χ1n) is 31.3. The van der Waals surface area contributed by atoms with Gasteiger partial charge < -0.3 is 50.6 Å². The number of phosphoric ester groups is 2. The Kier molecular flexibility index (Phi) is 22.6. The van der Waals surface area contributed by atoms with Gasteiger partial charge in [-0.05, 0) is 115 Å². The van der Waals surface area contributed by atoms with E-state index in [-0.39, 0.29) is 123 Å². The zero-order chi connectivity index (χ0) is 70.1. The normalized spacial score (nSPS) is 16.7. The maximum absolute atomic E-state index is 14.3. The largest absolute Gasteiger partial charge is 0.524 e. The molecule has 0 unspecified atom stereocenters. The van der Waals surface area contributed by atoms with Crippen LogP contribution in [0.15, 0.2) is 103 Å². The van der Waals surface area contributed by atoms with Crippen LogP contribution in [0.5, 0.6) is 11.5 Å². The summed E-state index contributed by atoms with van der Waals surface area (Å²) in [6, 6.07) is 27.1. The van der Waals surface area contributed by atoms with E-state index in [0.717, 1.165) is 0 Å². The maximum Gasteiger partial charge on any atom is 0.524 e. The average molecular weight is 1420 g/mol. The van der Waals surface area contributed by atoms with E-state index in [1.54, 1.807) is 54.6 Å². The molecule has 6 aromatic rings. The van der Waals surface area contributed by atoms with Gasteiger partial charge in [0.05, 0.1) is 17.1 Å². The minimum Gasteiger partial charge on any atom is -0.444 e. The highest BCUT2D eigenvalue weighted by molar-refractivity contribution is 7.47. The van der Waals surface area contributed by atoms with Crippen LogP contribution in [0.2, 0.25) is 0 Å². The number of anilines is 4. The van der Waals surface area contributed by atoms with Gasteiger partial charge in [-0.25, -0.2) is 18.7 Å². The predicted molar refractivity (Wildman–Crippen MR) is 364 cm³/mol. The van der Waals surface area contributed by atoms with E-state index >= 15 is 0 Å². The lowest BCUT2D eigenvalue weighted by Gasteiger charge is -2.39. The van der Waals surface area contributed by atoms with E-state index in [1.807, 2.05) is 0 Å². The predicted octanol–water partition coefficient (Wildman–Crippen LogP) is 8.53. The number of primary amides is 1. The van der Waals surface area contributed by atoms with Gasteiger partial charge in [-0.1, -0.05) is 67.1 Å². The zero-order valence-electron chi connectivity index (χ0n) is 52.5. The number of likely N-dealkylation sites (tertiary alicyclic amines) is 1. The molecule has 0 bridgehead atoms. The molecule has 6 aromatic carbocycles. The monoisotopic (exact) mass is 1420 g/mol. The second-order valence-electron chi connectivity index (χ2n) is 23.9. The number of hydrogen-bond donors (Lipinski definition) is 10. The van der Waals surface area contributed by atoms with E-state index in [2.05, 4.69) is 38.7 Å². The number of hydrogen-bond acceptors (Lipinski definition) is 14. The van der Waals surface area contributed by atoms with Crippen molar-refractivity contribution in [2.45, 2.75) is 88.7 Å². The molecule has 11 N–H and O–H groups in total. The molecule has 3 atom stereocenters. The molecular weight excluding hydrogens is 1350 g/mol. The lowest BCUT2D eigenvalue weighted by atomic mass is 9.67. The number of alkyl halides is 2. The first-order valence-corrected chi connectivity index (χ1v) is 35.4. The van der Waals surface area contributed by atoms with Crippen LogP contribution in [0, 0.1) is 17.5 Å². The summed E-state index contributed by atoms with van der Waals surface area (Å²) in [5.41, 5.74) is 7.21. The van der Waals surface area contributed by atoms with Crippen molar-refractivity contribution in [3.8, 4) is 11.5 Å². The van der Waals surface area contributed by atoms with Gasteiger partial charge in [0.25, 0.3) is 11.8 Å². The third-order valence-electron chi connectivity index (χ3n) is 17.4. The molecule has 0 spiro atoms. The molecule has 0 aromatic heterocycles. The number of nitrogens with one attached hydrogen (secondary N) is 5. The molecule has 98 heavy (non-hydrogen) atoms. The molecule has 1 saturated heterocycles. The highest BCUT2D eigenvalue weighted by Crippen LogP contribution is 2.51. The topological polar surface area (TPSA) is 392 Å². The molecule has 1 aliphatic carbocycles. The number of rotatable bonds is 28. The fourth-order valence-corrected chi connectivity index (χ4v) is 13.7. The Bertz CT molecular complexity index is 4280. The second kappa shape index (κ2) is 31.0. The number of carbonyl (C=O) groups excluding carboxylic acids is 9. The summed E-state index contributed by atoms with van der Waals surface area (Å²) in [5.74, 6) is -4.26. The number of nitrogens with two attached hydrogens (primary N) is 1. The standard InChI is InChI=1S/C67H69Cl2N9O18P2/c68-35-43-37-77(52-33-54(95-97(88,89)90)46-10-2-4-12-48(46)60(43)52)58(81)23-18-40-15-19-42(20-24-59(82)78-38-44(36-69)61-49-13-5-3-11-47(49)55(34-53(61)78)96-98(91,92)93)51(32-40)75-66(87)94-39-41-16-21-45(22-17-41)73-62(83)50(14-8-30-72-65(70)86)74-64(85)67(27-9-28-67)63(84)71-29-6-1-7-31-76-56(79)25-26-57(76)80/h3,5,10-13,15-24,32-34,43-44,50H,1,6-9,14,25-31,35-39H2,(H,71,84)(H,73,83)(H,74,85)(H,75,87)(H3,70,72,86)(H2,88,89,90)(H2,91,92,93)/b23-18+,24-20+/t43-,44-,50+/m1/s1.